The predicted octanol–water partition coefficient (Wildman–Crippen LogP) is 3.07. The number of aliphatic hydroxyl groups excluding tert-OH is 1. The molecule has 1 fully saturated rings. The van der Waals surface area contributed by atoms with E-state index in [9.17, 15) is 5.11 Å². The van der Waals surface area contributed by atoms with Crippen LogP contribution < -0.4 is 9.47 Å². The summed E-state index contributed by atoms with van der Waals surface area (Å²) < 4.78 is 11.3. The van der Waals surface area contributed by atoms with Gasteiger partial charge in [0.15, 0.2) is 0 Å². The Labute approximate surface area is 108 Å². The molecule has 1 saturated carbocycles. The Morgan fingerprint density at radius 2 is 2.06 bits per heavy atom. The lowest BCUT2D eigenvalue weighted by molar-refractivity contribution is 0.0354. The Bertz CT molecular complexity index is 424. The van der Waals surface area contributed by atoms with Crippen LogP contribution in [0.25, 0.3) is 0 Å². The second-order valence-corrected chi connectivity index (χ2v) is 5.36. The van der Waals surface area contributed by atoms with E-state index in [2.05, 4.69) is 0 Å². The van der Waals surface area contributed by atoms with Gasteiger partial charge in [0, 0.05) is 12.0 Å². The SMILES string of the molecule is COc1ccc2c(c1)[C@@H](O)CC(C1CCCC1)O2. The van der Waals surface area contributed by atoms with Crippen LogP contribution in [0.15, 0.2) is 18.2 Å². The largest absolute Gasteiger partial charge is 0.497 e. The first-order valence-corrected chi connectivity index (χ1v) is 6.80. The quantitative estimate of drug-likeness (QED) is 0.874. The Balaban J connectivity index is 1.83. The summed E-state index contributed by atoms with van der Waals surface area (Å²) in [6, 6.07) is 5.69. The Morgan fingerprint density at radius 3 is 2.78 bits per heavy atom. The van der Waals surface area contributed by atoms with Gasteiger partial charge in [0.25, 0.3) is 0 Å². The number of benzene rings is 1. The average Bonchev–Trinajstić information content (AvgIpc) is 2.92. The zero-order valence-electron chi connectivity index (χ0n) is 10.8. The van der Waals surface area contributed by atoms with Crippen LogP contribution in [0.1, 0.15) is 43.8 Å². The summed E-state index contributed by atoms with van der Waals surface area (Å²) in [6.07, 6.45) is 5.56. The third kappa shape index (κ3) is 2.07. The fraction of sp³-hybridized carbons (Fsp3) is 0.600. The average molecular weight is 248 g/mol. The molecule has 1 heterocycles. The molecular formula is C15H20O3. The van der Waals surface area contributed by atoms with Crippen molar-refractivity contribution in [2.75, 3.05) is 7.11 Å². The minimum Gasteiger partial charge on any atom is -0.497 e. The van der Waals surface area contributed by atoms with Gasteiger partial charge in [-0.05, 0) is 37.0 Å². The highest BCUT2D eigenvalue weighted by molar-refractivity contribution is 5.43. The molecule has 3 nitrogen and oxygen atoms in total. The maximum atomic E-state index is 10.3. The maximum absolute atomic E-state index is 10.3. The zero-order valence-corrected chi connectivity index (χ0v) is 10.8. The minimum atomic E-state index is -0.422. The van der Waals surface area contributed by atoms with Crippen LogP contribution in [0.3, 0.4) is 0 Å². The lowest BCUT2D eigenvalue weighted by atomic mass is 9.90. The normalized spacial score (nSPS) is 27.7. The van der Waals surface area contributed by atoms with Gasteiger partial charge >= 0.3 is 0 Å². The summed E-state index contributed by atoms with van der Waals surface area (Å²) in [5, 5.41) is 10.3. The van der Waals surface area contributed by atoms with Crippen molar-refractivity contribution in [3.05, 3.63) is 23.8 Å². The molecule has 0 amide bonds. The molecule has 1 unspecified atom stereocenters. The standard InChI is InChI=1S/C15H20O3/c1-17-11-6-7-14-12(8-11)13(16)9-15(18-14)10-4-2-3-5-10/h6-8,10,13,15-16H,2-5,9H2,1H3/t13-,15?/m0/s1. The predicted molar refractivity (Wildman–Crippen MR) is 68.9 cm³/mol. The van der Waals surface area contributed by atoms with Crippen LogP contribution >= 0.6 is 0 Å². The van der Waals surface area contributed by atoms with Crippen molar-refractivity contribution in [1.29, 1.82) is 0 Å². The number of hydrogen-bond donors (Lipinski definition) is 1. The summed E-state index contributed by atoms with van der Waals surface area (Å²) in [5.74, 6) is 2.22. The highest BCUT2D eigenvalue weighted by atomic mass is 16.5. The summed E-state index contributed by atoms with van der Waals surface area (Å²) >= 11 is 0. The van der Waals surface area contributed by atoms with E-state index in [-0.39, 0.29) is 6.10 Å². The first kappa shape index (κ1) is 11.8. The summed E-state index contributed by atoms with van der Waals surface area (Å²) in [5.41, 5.74) is 0.864. The van der Waals surface area contributed by atoms with Gasteiger partial charge in [-0.15, -0.1) is 0 Å². The molecular weight excluding hydrogens is 228 g/mol. The Hall–Kier alpha value is -1.22. The maximum Gasteiger partial charge on any atom is 0.125 e. The molecule has 0 radical (unpaired) electrons. The molecule has 0 spiro atoms. The number of rotatable bonds is 2. The molecule has 2 atom stereocenters. The summed E-state index contributed by atoms with van der Waals surface area (Å²) in [6.45, 7) is 0. The van der Waals surface area contributed by atoms with Crippen LogP contribution in [0.5, 0.6) is 11.5 Å². The van der Waals surface area contributed by atoms with E-state index in [1.807, 2.05) is 18.2 Å². The van der Waals surface area contributed by atoms with E-state index in [0.717, 1.165) is 17.1 Å². The van der Waals surface area contributed by atoms with Gasteiger partial charge in [-0.1, -0.05) is 12.8 Å². The van der Waals surface area contributed by atoms with Gasteiger partial charge in [0.2, 0.25) is 0 Å². The Kier molecular flexibility index (Phi) is 3.16. The van der Waals surface area contributed by atoms with Crippen LogP contribution in [-0.4, -0.2) is 18.3 Å². The lowest BCUT2D eigenvalue weighted by Gasteiger charge is -2.33. The first-order chi connectivity index (χ1) is 8.78. The van der Waals surface area contributed by atoms with E-state index < -0.39 is 6.10 Å². The van der Waals surface area contributed by atoms with Crippen molar-refractivity contribution in [3.8, 4) is 11.5 Å². The van der Waals surface area contributed by atoms with Gasteiger partial charge in [0.05, 0.1) is 13.2 Å². The molecule has 3 heteroatoms. The van der Waals surface area contributed by atoms with E-state index >= 15 is 0 Å². The van der Waals surface area contributed by atoms with Crippen molar-refractivity contribution in [3.63, 3.8) is 0 Å². The van der Waals surface area contributed by atoms with Crippen molar-refractivity contribution in [2.45, 2.75) is 44.3 Å². The smallest absolute Gasteiger partial charge is 0.125 e. The fourth-order valence-electron chi connectivity index (χ4n) is 3.20. The number of fused-ring (bicyclic) bond motifs is 1. The van der Waals surface area contributed by atoms with E-state index in [4.69, 9.17) is 9.47 Å². The van der Waals surface area contributed by atoms with Crippen molar-refractivity contribution in [2.24, 2.45) is 5.92 Å². The third-order valence-corrected chi connectivity index (χ3v) is 4.24. The van der Waals surface area contributed by atoms with E-state index in [1.165, 1.54) is 25.7 Å². The molecule has 1 aromatic carbocycles. The van der Waals surface area contributed by atoms with Gasteiger partial charge in [-0.25, -0.2) is 0 Å². The first-order valence-electron chi connectivity index (χ1n) is 6.80. The molecule has 3 rings (SSSR count). The van der Waals surface area contributed by atoms with Crippen molar-refractivity contribution < 1.29 is 14.6 Å². The molecule has 1 aromatic rings. The summed E-state index contributed by atoms with van der Waals surface area (Å²) in [7, 11) is 1.64. The molecule has 0 saturated heterocycles. The molecule has 0 bridgehead atoms. The van der Waals surface area contributed by atoms with Gasteiger partial charge in [0.1, 0.15) is 17.6 Å². The Morgan fingerprint density at radius 1 is 1.28 bits per heavy atom. The molecule has 0 aromatic heterocycles. The van der Waals surface area contributed by atoms with Gasteiger partial charge in [-0.3, -0.25) is 0 Å². The summed E-state index contributed by atoms with van der Waals surface area (Å²) in [4.78, 5) is 0. The topological polar surface area (TPSA) is 38.7 Å². The number of methoxy groups -OCH3 is 1. The molecule has 1 aliphatic heterocycles. The fourth-order valence-corrected chi connectivity index (χ4v) is 3.20. The van der Waals surface area contributed by atoms with E-state index in [0.29, 0.717) is 12.3 Å². The zero-order chi connectivity index (χ0) is 12.5. The number of aliphatic hydroxyl groups is 1. The highest BCUT2D eigenvalue weighted by Crippen LogP contribution is 2.42. The highest BCUT2D eigenvalue weighted by Gasteiger charge is 2.34. The second-order valence-electron chi connectivity index (χ2n) is 5.36. The molecule has 98 valence electrons. The second kappa shape index (κ2) is 4.81. The van der Waals surface area contributed by atoms with Crippen LogP contribution in [0.4, 0.5) is 0 Å². The monoisotopic (exact) mass is 248 g/mol. The van der Waals surface area contributed by atoms with Crippen molar-refractivity contribution >= 4 is 0 Å². The number of ether oxygens (including phenoxy) is 2. The lowest BCUT2D eigenvalue weighted by Crippen LogP contribution is -2.31. The van der Waals surface area contributed by atoms with Crippen LogP contribution in [0, 0.1) is 5.92 Å². The third-order valence-electron chi connectivity index (χ3n) is 4.24. The van der Waals surface area contributed by atoms with Crippen molar-refractivity contribution in [1.82, 2.24) is 0 Å². The van der Waals surface area contributed by atoms with Gasteiger partial charge in [-0.2, -0.15) is 0 Å². The minimum absolute atomic E-state index is 0.184. The number of hydrogen-bond acceptors (Lipinski definition) is 3. The molecule has 18 heavy (non-hydrogen) atoms. The molecule has 2 aliphatic rings. The molecule has 1 aliphatic carbocycles. The van der Waals surface area contributed by atoms with Gasteiger partial charge < -0.3 is 14.6 Å². The van der Waals surface area contributed by atoms with Crippen LogP contribution in [0.2, 0.25) is 0 Å². The van der Waals surface area contributed by atoms with E-state index in [1.54, 1.807) is 7.11 Å². The molecule has 1 N–H and O–H groups in total. The van der Waals surface area contributed by atoms with Crippen LogP contribution in [-0.2, 0) is 0 Å².